The van der Waals surface area contributed by atoms with E-state index >= 15 is 0 Å². The van der Waals surface area contributed by atoms with Crippen LogP contribution in [0.3, 0.4) is 0 Å². The van der Waals surface area contributed by atoms with Crippen LogP contribution in [-0.4, -0.2) is 21.8 Å². The Morgan fingerprint density at radius 1 is 1.06 bits per heavy atom. The number of hydrogen-bond donors (Lipinski definition) is 1. The van der Waals surface area contributed by atoms with Crippen molar-refractivity contribution in [2.24, 2.45) is 0 Å². The van der Waals surface area contributed by atoms with Crippen molar-refractivity contribution >= 4 is 11.8 Å². The molecule has 0 fully saturated rings. The van der Waals surface area contributed by atoms with Crippen LogP contribution in [0.1, 0.15) is 72.8 Å². The van der Waals surface area contributed by atoms with E-state index in [4.69, 9.17) is 14.8 Å². The number of ether oxygens (including phenoxy) is 1. The van der Waals surface area contributed by atoms with Gasteiger partial charge in [-0.25, -0.2) is 4.98 Å². The summed E-state index contributed by atoms with van der Waals surface area (Å²) in [4.78, 5) is 27.3. The Morgan fingerprint density at radius 2 is 1.82 bits per heavy atom. The van der Waals surface area contributed by atoms with Gasteiger partial charge < -0.3 is 9.84 Å². The topological polar surface area (TPSA) is 76.5 Å². The minimum atomic E-state index is -0.795. The monoisotopic (exact) mass is 445 g/mol. The van der Waals surface area contributed by atoms with Gasteiger partial charge in [-0.3, -0.25) is 9.59 Å². The van der Waals surface area contributed by atoms with Crippen LogP contribution in [0.2, 0.25) is 0 Å². The number of benzene rings is 2. The quantitative estimate of drug-likeness (QED) is 0.337. The third kappa shape index (κ3) is 6.75. The van der Waals surface area contributed by atoms with E-state index < -0.39 is 5.97 Å². The number of carbonyl (C=O) groups excluding carboxylic acids is 1. The van der Waals surface area contributed by atoms with Gasteiger partial charge in [-0.1, -0.05) is 49.7 Å². The molecule has 0 aliphatic heterocycles. The first-order valence-electron chi connectivity index (χ1n) is 11.4. The van der Waals surface area contributed by atoms with Crippen molar-refractivity contribution in [2.75, 3.05) is 0 Å². The summed E-state index contributed by atoms with van der Waals surface area (Å²) in [5.74, 6) is 0.00231. The average Bonchev–Trinajstić information content (AvgIpc) is 2.81. The zero-order valence-corrected chi connectivity index (χ0v) is 19.5. The number of Topliss-reactive ketones (excluding diaryl/α,β-unsaturated/α-hetero) is 1. The van der Waals surface area contributed by atoms with Gasteiger partial charge in [0.1, 0.15) is 11.9 Å². The van der Waals surface area contributed by atoms with Crippen LogP contribution in [0.25, 0.3) is 11.3 Å². The highest BCUT2D eigenvalue weighted by molar-refractivity contribution is 5.94. The van der Waals surface area contributed by atoms with Crippen LogP contribution >= 0.6 is 0 Å². The van der Waals surface area contributed by atoms with Crippen molar-refractivity contribution in [2.45, 2.75) is 59.0 Å². The van der Waals surface area contributed by atoms with Crippen LogP contribution < -0.4 is 4.74 Å². The molecule has 3 aromatic rings. The summed E-state index contributed by atoms with van der Waals surface area (Å²) in [6.07, 6.45) is 3.34. The van der Waals surface area contributed by atoms with Crippen molar-refractivity contribution in [3.8, 4) is 17.0 Å². The number of carbonyl (C=O) groups is 2. The van der Waals surface area contributed by atoms with Crippen molar-refractivity contribution < 1.29 is 19.4 Å². The number of ketones is 1. The highest BCUT2D eigenvalue weighted by Gasteiger charge is 2.16. The fourth-order valence-corrected chi connectivity index (χ4v) is 3.75. The molecule has 33 heavy (non-hydrogen) atoms. The predicted octanol–water partition coefficient (Wildman–Crippen LogP) is 6.59. The molecule has 0 bridgehead atoms. The summed E-state index contributed by atoms with van der Waals surface area (Å²) in [6, 6.07) is 19.3. The molecule has 0 amide bonds. The Balaban J connectivity index is 1.83. The Hall–Kier alpha value is -3.47. The molecule has 0 saturated heterocycles. The predicted molar refractivity (Wildman–Crippen MR) is 130 cm³/mol. The maximum atomic E-state index is 11.6. The SMILES string of the molecule is CCCCC(Oc1ccc(CCC(=O)O)c(C)c1)c1cccc(-c2ccc(C(C)=O)cc2)n1. The summed E-state index contributed by atoms with van der Waals surface area (Å²) in [7, 11) is 0. The van der Waals surface area contributed by atoms with E-state index in [2.05, 4.69) is 6.92 Å². The summed E-state index contributed by atoms with van der Waals surface area (Å²) in [6.45, 7) is 5.69. The molecule has 2 aromatic carbocycles. The smallest absolute Gasteiger partial charge is 0.303 e. The standard InChI is InChI=1S/C28H31NO4/c1-4-5-9-27(33-24-16-14-21(19(2)18-24)15-17-28(31)32)26-8-6-7-25(29-26)23-12-10-22(11-13-23)20(3)30/h6-8,10-14,16,18,27H,4-5,9,15,17H2,1-3H3,(H,31,32). The van der Waals surface area contributed by atoms with Gasteiger partial charge in [0.25, 0.3) is 0 Å². The molecule has 1 N–H and O–H groups in total. The lowest BCUT2D eigenvalue weighted by Crippen LogP contribution is -2.10. The second kappa shape index (κ2) is 11.4. The molecule has 0 radical (unpaired) electrons. The molecular formula is C28H31NO4. The highest BCUT2D eigenvalue weighted by atomic mass is 16.5. The van der Waals surface area contributed by atoms with Gasteiger partial charge in [-0.15, -0.1) is 0 Å². The number of unbranched alkanes of at least 4 members (excludes halogenated alkanes) is 1. The Kier molecular flexibility index (Phi) is 8.36. The van der Waals surface area contributed by atoms with Gasteiger partial charge in [0, 0.05) is 17.5 Å². The Morgan fingerprint density at radius 3 is 2.45 bits per heavy atom. The van der Waals surface area contributed by atoms with E-state index in [1.54, 1.807) is 6.92 Å². The van der Waals surface area contributed by atoms with E-state index in [1.165, 1.54) is 0 Å². The number of carboxylic acid groups (broad SMARTS) is 1. The first kappa shape index (κ1) is 24.2. The number of aryl methyl sites for hydroxylation is 2. The normalized spacial score (nSPS) is 11.7. The van der Waals surface area contributed by atoms with Crippen LogP contribution in [0, 0.1) is 6.92 Å². The van der Waals surface area contributed by atoms with Crippen LogP contribution in [0.4, 0.5) is 0 Å². The zero-order chi connectivity index (χ0) is 23.8. The first-order chi connectivity index (χ1) is 15.9. The summed E-state index contributed by atoms with van der Waals surface area (Å²) < 4.78 is 6.38. The van der Waals surface area contributed by atoms with Crippen molar-refractivity contribution in [1.29, 1.82) is 0 Å². The zero-order valence-electron chi connectivity index (χ0n) is 19.5. The second-order valence-electron chi connectivity index (χ2n) is 8.31. The molecule has 0 spiro atoms. The van der Waals surface area contributed by atoms with Gasteiger partial charge in [-0.2, -0.15) is 0 Å². The summed E-state index contributed by atoms with van der Waals surface area (Å²) in [5.41, 5.74) is 5.38. The number of rotatable bonds is 11. The van der Waals surface area contributed by atoms with Gasteiger partial charge >= 0.3 is 5.97 Å². The number of nitrogens with zero attached hydrogens (tertiary/aromatic N) is 1. The lowest BCUT2D eigenvalue weighted by Gasteiger charge is -2.20. The molecule has 0 aliphatic rings. The van der Waals surface area contributed by atoms with Gasteiger partial charge in [-0.05, 0) is 68.5 Å². The van der Waals surface area contributed by atoms with Gasteiger partial charge in [0.2, 0.25) is 0 Å². The molecule has 1 aromatic heterocycles. The number of pyridine rings is 1. The highest BCUT2D eigenvalue weighted by Crippen LogP contribution is 2.29. The van der Waals surface area contributed by atoms with E-state index in [9.17, 15) is 9.59 Å². The summed E-state index contributed by atoms with van der Waals surface area (Å²) in [5, 5.41) is 8.94. The number of aliphatic carboxylic acids is 1. The minimum absolute atomic E-state index is 0.0422. The molecule has 3 rings (SSSR count). The maximum Gasteiger partial charge on any atom is 0.303 e. The Labute approximate surface area is 195 Å². The van der Waals surface area contributed by atoms with Gasteiger partial charge in [0.05, 0.1) is 11.4 Å². The van der Waals surface area contributed by atoms with E-state index in [0.717, 1.165) is 53.1 Å². The minimum Gasteiger partial charge on any atom is -0.484 e. The molecule has 1 unspecified atom stereocenters. The Bertz CT molecular complexity index is 1110. The fourth-order valence-electron chi connectivity index (χ4n) is 3.75. The molecule has 1 heterocycles. The first-order valence-corrected chi connectivity index (χ1v) is 11.4. The fraction of sp³-hybridized carbons (Fsp3) is 0.321. The maximum absolute atomic E-state index is 11.6. The van der Waals surface area contributed by atoms with Crippen LogP contribution in [0.5, 0.6) is 5.75 Å². The third-order valence-corrected chi connectivity index (χ3v) is 5.71. The molecule has 5 heteroatoms. The van der Waals surface area contributed by atoms with E-state index in [0.29, 0.717) is 12.0 Å². The molecule has 0 saturated carbocycles. The second-order valence-corrected chi connectivity index (χ2v) is 8.31. The molecular weight excluding hydrogens is 414 g/mol. The summed E-state index contributed by atoms with van der Waals surface area (Å²) >= 11 is 0. The van der Waals surface area contributed by atoms with Crippen molar-refractivity contribution in [3.05, 3.63) is 83.0 Å². The van der Waals surface area contributed by atoms with Crippen LogP contribution in [0.15, 0.2) is 60.7 Å². The lowest BCUT2D eigenvalue weighted by molar-refractivity contribution is -0.136. The average molecular weight is 446 g/mol. The molecule has 1 atom stereocenters. The largest absolute Gasteiger partial charge is 0.484 e. The van der Waals surface area contributed by atoms with Crippen molar-refractivity contribution in [1.82, 2.24) is 4.98 Å². The van der Waals surface area contributed by atoms with Gasteiger partial charge in [0.15, 0.2) is 5.78 Å². The number of aromatic nitrogens is 1. The van der Waals surface area contributed by atoms with Crippen molar-refractivity contribution in [3.63, 3.8) is 0 Å². The van der Waals surface area contributed by atoms with Crippen LogP contribution in [-0.2, 0) is 11.2 Å². The third-order valence-electron chi connectivity index (χ3n) is 5.71. The number of hydrogen-bond acceptors (Lipinski definition) is 4. The van der Waals surface area contributed by atoms with E-state index in [1.807, 2.05) is 67.6 Å². The molecule has 5 nitrogen and oxygen atoms in total. The molecule has 0 aliphatic carbocycles. The molecule has 172 valence electrons. The van der Waals surface area contributed by atoms with E-state index in [-0.39, 0.29) is 18.3 Å². The lowest BCUT2D eigenvalue weighted by atomic mass is 10.0. The number of carboxylic acids is 1.